The van der Waals surface area contributed by atoms with Crippen LogP contribution in [0.1, 0.15) is 43.6 Å². The molecule has 1 aromatic carbocycles. The molecule has 0 radical (unpaired) electrons. The molecule has 0 amide bonds. The van der Waals surface area contributed by atoms with E-state index < -0.39 is 5.97 Å². The van der Waals surface area contributed by atoms with Crippen LogP contribution in [-0.2, 0) is 0 Å². The van der Waals surface area contributed by atoms with Gasteiger partial charge < -0.3 is 10.4 Å². The summed E-state index contributed by atoms with van der Waals surface area (Å²) in [5.74, 6) is -0.895. The van der Waals surface area contributed by atoms with Crippen molar-refractivity contribution in [2.75, 3.05) is 5.32 Å². The van der Waals surface area contributed by atoms with Gasteiger partial charge in [-0.25, -0.2) is 4.79 Å². The number of aryl methyl sites for hydroxylation is 1. The maximum absolute atomic E-state index is 11.1. The second-order valence-electron chi connectivity index (χ2n) is 5.59. The number of anilines is 1. The summed E-state index contributed by atoms with van der Waals surface area (Å²) in [5.41, 5.74) is 2.16. The van der Waals surface area contributed by atoms with Crippen molar-refractivity contribution in [3.63, 3.8) is 0 Å². The average molecular weight is 235 g/mol. The Morgan fingerprint density at radius 1 is 1.35 bits per heavy atom. The highest BCUT2D eigenvalue weighted by Gasteiger charge is 2.21. The van der Waals surface area contributed by atoms with E-state index in [1.807, 2.05) is 19.1 Å². The van der Waals surface area contributed by atoms with Crippen LogP contribution < -0.4 is 5.32 Å². The van der Waals surface area contributed by atoms with Crippen LogP contribution in [-0.4, -0.2) is 17.1 Å². The highest BCUT2D eigenvalue weighted by Crippen LogP contribution is 2.25. The standard InChI is InChI=1S/C14H21NO2/c1-9-6-7-11(13(16)17)12(8-9)15-10(2)14(3,4)5/h6-8,10,15H,1-5H3,(H,16,17). The highest BCUT2D eigenvalue weighted by molar-refractivity contribution is 5.94. The lowest BCUT2D eigenvalue weighted by Gasteiger charge is -2.29. The summed E-state index contributed by atoms with van der Waals surface area (Å²) in [5, 5.41) is 12.4. The molecule has 1 atom stereocenters. The molecule has 0 bridgehead atoms. The van der Waals surface area contributed by atoms with E-state index in [9.17, 15) is 4.79 Å². The summed E-state index contributed by atoms with van der Waals surface area (Å²) in [6.45, 7) is 10.4. The van der Waals surface area contributed by atoms with Gasteiger partial charge in [-0.1, -0.05) is 26.8 Å². The van der Waals surface area contributed by atoms with Crippen molar-refractivity contribution in [3.05, 3.63) is 29.3 Å². The summed E-state index contributed by atoms with van der Waals surface area (Å²) in [6.07, 6.45) is 0. The predicted octanol–water partition coefficient (Wildman–Crippen LogP) is 3.54. The second kappa shape index (κ2) is 4.78. The Morgan fingerprint density at radius 3 is 2.41 bits per heavy atom. The van der Waals surface area contributed by atoms with Gasteiger partial charge in [0.05, 0.1) is 5.56 Å². The molecule has 3 heteroatoms. The Balaban J connectivity index is 3.04. The normalized spacial score (nSPS) is 13.2. The van der Waals surface area contributed by atoms with Gasteiger partial charge in [0.2, 0.25) is 0 Å². The van der Waals surface area contributed by atoms with E-state index in [4.69, 9.17) is 5.11 Å². The zero-order chi connectivity index (χ0) is 13.2. The Kier molecular flexibility index (Phi) is 3.81. The van der Waals surface area contributed by atoms with E-state index in [1.165, 1.54) is 0 Å². The summed E-state index contributed by atoms with van der Waals surface area (Å²) in [7, 11) is 0. The van der Waals surface area contributed by atoms with Gasteiger partial charge in [-0.15, -0.1) is 0 Å². The van der Waals surface area contributed by atoms with Gasteiger partial charge in [0.15, 0.2) is 0 Å². The third-order valence-corrected chi connectivity index (χ3v) is 3.08. The van der Waals surface area contributed by atoms with Gasteiger partial charge in [-0.3, -0.25) is 0 Å². The van der Waals surface area contributed by atoms with Gasteiger partial charge in [0.25, 0.3) is 0 Å². The fourth-order valence-electron chi connectivity index (χ4n) is 1.41. The van der Waals surface area contributed by atoms with Crippen molar-refractivity contribution in [3.8, 4) is 0 Å². The summed E-state index contributed by atoms with van der Waals surface area (Å²) in [6, 6.07) is 5.54. The maximum atomic E-state index is 11.1. The predicted molar refractivity (Wildman–Crippen MR) is 70.7 cm³/mol. The molecule has 0 aliphatic rings. The molecule has 94 valence electrons. The lowest BCUT2D eigenvalue weighted by molar-refractivity contribution is 0.0698. The van der Waals surface area contributed by atoms with Crippen LogP contribution in [0.4, 0.5) is 5.69 Å². The molecular formula is C14H21NO2. The summed E-state index contributed by atoms with van der Waals surface area (Å²) in [4.78, 5) is 11.1. The molecule has 0 saturated heterocycles. The first-order valence-electron chi connectivity index (χ1n) is 5.82. The first-order chi connectivity index (χ1) is 7.71. The molecule has 0 heterocycles. The Labute approximate surface area is 103 Å². The van der Waals surface area contributed by atoms with Crippen LogP contribution in [0.2, 0.25) is 0 Å². The molecular weight excluding hydrogens is 214 g/mol. The molecule has 0 fully saturated rings. The van der Waals surface area contributed by atoms with E-state index in [0.29, 0.717) is 11.3 Å². The fourth-order valence-corrected chi connectivity index (χ4v) is 1.41. The van der Waals surface area contributed by atoms with Gasteiger partial charge in [-0.05, 0) is 37.0 Å². The smallest absolute Gasteiger partial charge is 0.337 e. The monoisotopic (exact) mass is 235 g/mol. The Morgan fingerprint density at radius 2 is 1.94 bits per heavy atom. The zero-order valence-electron chi connectivity index (χ0n) is 11.2. The summed E-state index contributed by atoms with van der Waals surface area (Å²) < 4.78 is 0. The van der Waals surface area contributed by atoms with Crippen LogP contribution in [0, 0.1) is 12.3 Å². The number of carbonyl (C=O) groups is 1. The van der Waals surface area contributed by atoms with E-state index in [0.717, 1.165) is 5.56 Å². The quantitative estimate of drug-likeness (QED) is 0.842. The van der Waals surface area contributed by atoms with Crippen LogP contribution in [0.15, 0.2) is 18.2 Å². The van der Waals surface area contributed by atoms with Gasteiger partial charge >= 0.3 is 5.97 Å². The summed E-state index contributed by atoms with van der Waals surface area (Å²) >= 11 is 0. The van der Waals surface area contributed by atoms with Crippen LogP contribution in [0.25, 0.3) is 0 Å². The van der Waals surface area contributed by atoms with E-state index in [-0.39, 0.29) is 11.5 Å². The number of hydrogen-bond donors (Lipinski definition) is 2. The number of carboxylic acid groups (broad SMARTS) is 1. The minimum atomic E-state index is -0.895. The molecule has 1 aromatic rings. The van der Waals surface area contributed by atoms with Crippen molar-refractivity contribution in [1.82, 2.24) is 0 Å². The minimum absolute atomic E-state index is 0.0829. The van der Waals surface area contributed by atoms with Crippen LogP contribution in [0.5, 0.6) is 0 Å². The van der Waals surface area contributed by atoms with Crippen molar-refractivity contribution >= 4 is 11.7 Å². The first kappa shape index (κ1) is 13.6. The number of nitrogens with one attached hydrogen (secondary N) is 1. The third kappa shape index (κ3) is 3.48. The minimum Gasteiger partial charge on any atom is -0.478 e. The lowest BCUT2D eigenvalue weighted by atomic mass is 9.87. The molecule has 1 rings (SSSR count). The van der Waals surface area contributed by atoms with E-state index in [2.05, 4.69) is 33.0 Å². The number of carboxylic acids is 1. The van der Waals surface area contributed by atoms with E-state index in [1.54, 1.807) is 6.07 Å². The molecule has 0 spiro atoms. The molecule has 1 unspecified atom stereocenters. The molecule has 0 aliphatic carbocycles. The van der Waals surface area contributed by atoms with Crippen molar-refractivity contribution < 1.29 is 9.90 Å². The molecule has 0 aromatic heterocycles. The van der Waals surface area contributed by atoms with Crippen LogP contribution in [0.3, 0.4) is 0 Å². The van der Waals surface area contributed by atoms with Crippen molar-refractivity contribution in [1.29, 1.82) is 0 Å². The number of hydrogen-bond acceptors (Lipinski definition) is 2. The van der Waals surface area contributed by atoms with Crippen molar-refractivity contribution in [2.24, 2.45) is 5.41 Å². The third-order valence-electron chi connectivity index (χ3n) is 3.08. The first-order valence-corrected chi connectivity index (χ1v) is 5.82. The zero-order valence-corrected chi connectivity index (χ0v) is 11.2. The Bertz CT molecular complexity index is 419. The SMILES string of the molecule is Cc1ccc(C(=O)O)c(NC(C)C(C)(C)C)c1. The number of rotatable bonds is 3. The molecule has 0 aliphatic heterocycles. The molecule has 2 N–H and O–H groups in total. The van der Waals surface area contributed by atoms with Gasteiger partial charge in [0.1, 0.15) is 0 Å². The molecule has 0 saturated carbocycles. The van der Waals surface area contributed by atoms with Crippen LogP contribution >= 0.6 is 0 Å². The van der Waals surface area contributed by atoms with Gasteiger partial charge in [0, 0.05) is 11.7 Å². The lowest BCUT2D eigenvalue weighted by Crippen LogP contribution is -2.31. The molecule has 3 nitrogen and oxygen atoms in total. The molecule has 17 heavy (non-hydrogen) atoms. The number of aromatic carboxylic acids is 1. The average Bonchev–Trinajstić information content (AvgIpc) is 2.15. The maximum Gasteiger partial charge on any atom is 0.337 e. The topological polar surface area (TPSA) is 49.3 Å². The Hall–Kier alpha value is -1.51. The number of benzene rings is 1. The second-order valence-corrected chi connectivity index (χ2v) is 5.59. The fraction of sp³-hybridized carbons (Fsp3) is 0.500. The largest absolute Gasteiger partial charge is 0.478 e. The highest BCUT2D eigenvalue weighted by atomic mass is 16.4. The van der Waals surface area contributed by atoms with E-state index >= 15 is 0 Å². The van der Waals surface area contributed by atoms with Crippen molar-refractivity contribution in [2.45, 2.75) is 40.7 Å². The van der Waals surface area contributed by atoms with Gasteiger partial charge in [-0.2, -0.15) is 0 Å².